The van der Waals surface area contributed by atoms with Gasteiger partial charge in [0.05, 0.1) is 5.56 Å². The summed E-state index contributed by atoms with van der Waals surface area (Å²) in [5.41, 5.74) is 6.70. The molecule has 1 aliphatic rings. The van der Waals surface area contributed by atoms with E-state index in [1.54, 1.807) is 12.1 Å². The Morgan fingerprint density at radius 3 is 2.74 bits per heavy atom. The number of nitriles is 1. The van der Waals surface area contributed by atoms with E-state index in [0.717, 1.165) is 0 Å². The highest BCUT2D eigenvalue weighted by Crippen LogP contribution is 2.36. The van der Waals surface area contributed by atoms with Crippen molar-refractivity contribution in [2.75, 3.05) is 5.73 Å². The monoisotopic (exact) mass is 263 g/mol. The number of aromatic nitrogens is 1. The lowest BCUT2D eigenvalue weighted by atomic mass is 9.86. The maximum Gasteiger partial charge on any atom is 0.248 e. The fourth-order valence-corrected chi connectivity index (χ4v) is 2.21. The lowest BCUT2D eigenvalue weighted by Crippen LogP contribution is -2.23. The number of rotatable bonds is 2. The number of nitrogens with two attached hydrogens (primary N) is 1. The lowest BCUT2D eigenvalue weighted by Gasteiger charge is -2.26. The zero-order chi connectivity index (χ0) is 13.9. The van der Waals surface area contributed by atoms with Crippen molar-refractivity contribution in [2.45, 2.75) is 31.6 Å². The number of nitrogens with zero attached hydrogens (tertiary/aromatic N) is 2. The number of nitrogen functional groups attached to an aromatic ring is 1. The maximum absolute atomic E-state index is 13.0. The van der Waals surface area contributed by atoms with Crippen LogP contribution in [0.15, 0.2) is 18.3 Å². The van der Waals surface area contributed by atoms with Crippen LogP contribution in [0.5, 0.6) is 0 Å². The number of allylic oxidation sites excluding steroid dienone is 1. The van der Waals surface area contributed by atoms with Crippen LogP contribution >= 0.6 is 0 Å². The molecule has 100 valence electrons. The fourth-order valence-electron chi connectivity index (χ4n) is 2.21. The third-order valence-corrected chi connectivity index (χ3v) is 3.39. The van der Waals surface area contributed by atoms with E-state index in [9.17, 15) is 8.78 Å². The Kier molecular flexibility index (Phi) is 3.79. The molecule has 0 radical (unpaired) electrons. The summed E-state index contributed by atoms with van der Waals surface area (Å²) in [5, 5.41) is 8.95. The van der Waals surface area contributed by atoms with E-state index in [4.69, 9.17) is 11.0 Å². The lowest BCUT2D eigenvalue weighted by molar-refractivity contribution is -0.0410. The molecule has 1 heterocycles. The van der Waals surface area contributed by atoms with Gasteiger partial charge in [-0.15, -0.1) is 0 Å². The van der Waals surface area contributed by atoms with E-state index >= 15 is 0 Å². The van der Waals surface area contributed by atoms with Crippen LogP contribution in [0.4, 0.5) is 14.6 Å². The highest BCUT2D eigenvalue weighted by Gasteiger charge is 2.33. The molecule has 0 aromatic carbocycles. The van der Waals surface area contributed by atoms with Crippen molar-refractivity contribution < 1.29 is 8.78 Å². The zero-order valence-electron chi connectivity index (χ0n) is 10.4. The first-order valence-electron chi connectivity index (χ1n) is 6.22. The molecule has 1 aliphatic carbocycles. The minimum Gasteiger partial charge on any atom is -0.384 e. The Balaban J connectivity index is 2.08. The summed E-state index contributed by atoms with van der Waals surface area (Å²) >= 11 is 0. The van der Waals surface area contributed by atoms with Crippen molar-refractivity contribution >= 4 is 11.9 Å². The fraction of sp³-hybridized carbons (Fsp3) is 0.429. The first-order chi connectivity index (χ1) is 9.00. The normalized spacial score (nSPS) is 19.4. The Bertz CT molecular complexity index is 522. The van der Waals surface area contributed by atoms with Gasteiger partial charge < -0.3 is 5.73 Å². The molecule has 2 N–H and O–H groups in total. The molecular formula is C14H15F2N3. The van der Waals surface area contributed by atoms with Gasteiger partial charge in [0.15, 0.2) is 0 Å². The van der Waals surface area contributed by atoms with Crippen molar-refractivity contribution in [3.63, 3.8) is 0 Å². The molecule has 1 aromatic heterocycles. The summed E-state index contributed by atoms with van der Waals surface area (Å²) in [6.07, 6.45) is 5.93. The average Bonchev–Trinajstić information content (AvgIpc) is 2.38. The van der Waals surface area contributed by atoms with E-state index in [1.807, 2.05) is 12.1 Å². The largest absolute Gasteiger partial charge is 0.384 e. The van der Waals surface area contributed by atoms with Gasteiger partial charge in [0.25, 0.3) is 0 Å². The Morgan fingerprint density at radius 2 is 2.11 bits per heavy atom. The Hall–Kier alpha value is -1.96. The van der Waals surface area contributed by atoms with Crippen LogP contribution in [0.25, 0.3) is 6.08 Å². The van der Waals surface area contributed by atoms with Gasteiger partial charge in [0.2, 0.25) is 5.92 Å². The van der Waals surface area contributed by atoms with Crippen LogP contribution in [-0.4, -0.2) is 10.9 Å². The van der Waals surface area contributed by atoms with Gasteiger partial charge in [-0.3, -0.25) is 0 Å². The number of pyridine rings is 1. The molecule has 5 heteroatoms. The SMILES string of the molecule is N#Cc1cnc(N)cc1/C=C/C1CCC(F)(F)CC1. The highest BCUT2D eigenvalue weighted by atomic mass is 19.3. The van der Waals surface area contributed by atoms with E-state index < -0.39 is 5.92 Å². The molecule has 0 unspecified atom stereocenters. The van der Waals surface area contributed by atoms with Crippen LogP contribution in [0.3, 0.4) is 0 Å². The molecule has 2 rings (SSSR count). The van der Waals surface area contributed by atoms with Gasteiger partial charge in [0.1, 0.15) is 11.9 Å². The van der Waals surface area contributed by atoms with Crippen molar-refractivity contribution in [2.24, 2.45) is 5.92 Å². The van der Waals surface area contributed by atoms with E-state index in [-0.39, 0.29) is 18.8 Å². The quantitative estimate of drug-likeness (QED) is 0.889. The predicted molar refractivity (Wildman–Crippen MR) is 69.3 cm³/mol. The van der Waals surface area contributed by atoms with Crippen molar-refractivity contribution in [3.8, 4) is 6.07 Å². The molecule has 3 nitrogen and oxygen atoms in total. The average molecular weight is 263 g/mol. The van der Waals surface area contributed by atoms with Gasteiger partial charge in [-0.1, -0.05) is 12.2 Å². The van der Waals surface area contributed by atoms with Gasteiger partial charge in [-0.25, -0.2) is 13.8 Å². The molecule has 19 heavy (non-hydrogen) atoms. The minimum absolute atomic E-state index is 0.0639. The van der Waals surface area contributed by atoms with Gasteiger partial charge in [-0.2, -0.15) is 5.26 Å². The third-order valence-electron chi connectivity index (χ3n) is 3.39. The summed E-state index contributed by atoms with van der Waals surface area (Å²) < 4.78 is 26.0. The van der Waals surface area contributed by atoms with Crippen molar-refractivity contribution in [1.82, 2.24) is 4.98 Å². The number of anilines is 1. The van der Waals surface area contributed by atoms with E-state index in [1.165, 1.54) is 6.20 Å². The van der Waals surface area contributed by atoms with Gasteiger partial charge in [-0.05, 0) is 30.4 Å². The summed E-state index contributed by atoms with van der Waals surface area (Å²) in [6.45, 7) is 0. The van der Waals surface area contributed by atoms with Crippen LogP contribution in [0.1, 0.15) is 36.8 Å². The summed E-state index contributed by atoms with van der Waals surface area (Å²) in [5.74, 6) is -2.03. The van der Waals surface area contributed by atoms with Gasteiger partial charge in [0, 0.05) is 19.0 Å². The summed E-state index contributed by atoms with van der Waals surface area (Å²) in [4.78, 5) is 3.85. The minimum atomic E-state index is -2.51. The number of alkyl halides is 2. The van der Waals surface area contributed by atoms with Crippen LogP contribution in [0, 0.1) is 17.2 Å². The summed E-state index contributed by atoms with van der Waals surface area (Å²) in [6, 6.07) is 3.65. The van der Waals surface area contributed by atoms with E-state index in [0.29, 0.717) is 29.8 Å². The first-order valence-corrected chi connectivity index (χ1v) is 6.22. The topological polar surface area (TPSA) is 62.7 Å². The molecule has 0 amide bonds. The molecule has 1 fully saturated rings. The zero-order valence-corrected chi connectivity index (χ0v) is 10.4. The van der Waals surface area contributed by atoms with Gasteiger partial charge >= 0.3 is 0 Å². The third kappa shape index (κ3) is 3.50. The highest BCUT2D eigenvalue weighted by molar-refractivity contribution is 5.60. The second-order valence-corrected chi connectivity index (χ2v) is 4.86. The molecule has 1 saturated carbocycles. The summed E-state index contributed by atoms with van der Waals surface area (Å²) in [7, 11) is 0. The van der Waals surface area contributed by atoms with Crippen molar-refractivity contribution in [3.05, 3.63) is 29.5 Å². The molecule has 0 aliphatic heterocycles. The number of hydrogen-bond donors (Lipinski definition) is 1. The van der Waals surface area contributed by atoms with Crippen LogP contribution in [-0.2, 0) is 0 Å². The molecule has 1 aromatic rings. The standard InChI is InChI=1S/C14H15F2N3/c15-14(16)5-3-10(4-6-14)1-2-11-7-13(18)19-9-12(11)8-17/h1-2,7,9-10H,3-6H2,(H2,18,19)/b2-1+. The van der Waals surface area contributed by atoms with Crippen LogP contribution in [0.2, 0.25) is 0 Å². The molecule has 0 bridgehead atoms. The Morgan fingerprint density at radius 1 is 1.42 bits per heavy atom. The second kappa shape index (κ2) is 5.35. The van der Waals surface area contributed by atoms with Crippen LogP contribution < -0.4 is 5.73 Å². The number of halogens is 2. The second-order valence-electron chi connectivity index (χ2n) is 4.86. The maximum atomic E-state index is 13.0. The predicted octanol–water partition coefficient (Wildman–Crippen LogP) is 3.37. The molecule has 0 atom stereocenters. The van der Waals surface area contributed by atoms with Crippen molar-refractivity contribution in [1.29, 1.82) is 5.26 Å². The first kappa shape index (κ1) is 13.5. The Labute approximate surface area is 110 Å². The molecule has 0 spiro atoms. The molecule has 0 saturated heterocycles. The smallest absolute Gasteiger partial charge is 0.248 e. The van der Waals surface area contributed by atoms with E-state index in [2.05, 4.69) is 4.98 Å². The molecular weight excluding hydrogens is 248 g/mol. The number of hydrogen-bond acceptors (Lipinski definition) is 3.